The molecule has 1 saturated heterocycles. The summed E-state index contributed by atoms with van der Waals surface area (Å²) in [6.45, 7) is 4.16. The highest BCUT2D eigenvalue weighted by atomic mass is 16.6. The molecular weight excluding hydrogens is 350 g/mol. The number of ether oxygens (including phenoxy) is 2. The predicted octanol–water partition coefficient (Wildman–Crippen LogP) is 2.69. The predicted molar refractivity (Wildman–Crippen MR) is 100 cm³/mol. The minimum atomic E-state index is -0.573. The maximum atomic E-state index is 12.4. The van der Waals surface area contributed by atoms with Gasteiger partial charge in [0, 0.05) is 37.0 Å². The molecule has 142 valence electrons. The molecule has 1 aliphatic heterocycles. The second kappa shape index (κ2) is 8.61. The first-order valence-electron chi connectivity index (χ1n) is 8.59. The number of nitrogens with one attached hydrogen (secondary N) is 1. The summed E-state index contributed by atoms with van der Waals surface area (Å²) in [5, 5.41) is 13.9. The lowest BCUT2D eigenvalue weighted by atomic mass is 10.1. The Labute approximate surface area is 156 Å². The number of benzene rings is 2. The molecule has 2 aromatic rings. The summed E-state index contributed by atoms with van der Waals surface area (Å²) in [5.74, 6) is -0.300. The zero-order chi connectivity index (χ0) is 19.2. The molecule has 8 nitrogen and oxygen atoms in total. The van der Waals surface area contributed by atoms with E-state index >= 15 is 0 Å². The van der Waals surface area contributed by atoms with E-state index in [9.17, 15) is 14.9 Å². The van der Waals surface area contributed by atoms with Crippen LogP contribution >= 0.6 is 0 Å². The molecule has 0 aliphatic carbocycles. The summed E-state index contributed by atoms with van der Waals surface area (Å²) in [5.41, 5.74) is 1.73. The van der Waals surface area contributed by atoms with Gasteiger partial charge in [-0.3, -0.25) is 19.8 Å². The number of nitro groups is 1. The molecule has 0 saturated carbocycles. The Morgan fingerprint density at radius 3 is 2.56 bits per heavy atom. The lowest BCUT2D eigenvalue weighted by Gasteiger charge is -2.26. The monoisotopic (exact) mass is 371 g/mol. The van der Waals surface area contributed by atoms with Gasteiger partial charge in [-0.05, 0) is 29.8 Å². The van der Waals surface area contributed by atoms with E-state index in [4.69, 9.17) is 9.47 Å². The minimum absolute atomic E-state index is 0.115. The fourth-order valence-electron chi connectivity index (χ4n) is 2.89. The van der Waals surface area contributed by atoms with E-state index in [1.165, 1.54) is 25.3 Å². The molecule has 0 spiro atoms. The molecule has 1 fully saturated rings. The van der Waals surface area contributed by atoms with Gasteiger partial charge in [0.15, 0.2) is 5.75 Å². The number of methoxy groups -OCH3 is 1. The summed E-state index contributed by atoms with van der Waals surface area (Å²) in [7, 11) is 1.35. The van der Waals surface area contributed by atoms with Crippen LogP contribution < -0.4 is 10.1 Å². The Bertz CT molecular complexity index is 817. The van der Waals surface area contributed by atoms with E-state index in [-0.39, 0.29) is 17.0 Å². The molecule has 8 heteroatoms. The number of carbonyl (C=O) groups excluding carboxylic acids is 1. The van der Waals surface area contributed by atoms with E-state index in [1.54, 1.807) is 0 Å². The maximum absolute atomic E-state index is 12.4. The molecule has 0 bridgehead atoms. The minimum Gasteiger partial charge on any atom is -0.490 e. The number of anilines is 1. The van der Waals surface area contributed by atoms with Crippen LogP contribution in [0.3, 0.4) is 0 Å². The largest absolute Gasteiger partial charge is 0.490 e. The molecule has 0 radical (unpaired) electrons. The third kappa shape index (κ3) is 4.81. The van der Waals surface area contributed by atoms with Gasteiger partial charge in [-0.2, -0.15) is 0 Å². The molecule has 3 rings (SSSR count). The molecule has 0 atom stereocenters. The van der Waals surface area contributed by atoms with Gasteiger partial charge in [-0.15, -0.1) is 0 Å². The van der Waals surface area contributed by atoms with Crippen LogP contribution in [0.5, 0.6) is 5.75 Å². The lowest BCUT2D eigenvalue weighted by Crippen LogP contribution is -2.35. The molecule has 2 aromatic carbocycles. The Kier molecular flexibility index (Phi) is 6.00. The SMILES string of the molecule is COc1ccc(C(=O)Nc2ccc(CN3CCOCC3)cc2)cc1[N+](=O)[O-]. The standard InChI is InChI=1S/C19H21N3O5/c1-26-18-7-4-15(12-17(18)22(24)25)19(23)20-16-5-2-14(3-6-16)13-21-8-10-27-11-9-21/h2-7,12H,8-11,13H2,1H3,(H,20,23). The van der Waals surface area contributed by atoms with Gasteiger partial charge in [-0.25, -0.2) is 0 Å². The number of amides is 1. The zero-order valence-electron chi connectivity index (χ0n) is 15.0. The van der Waals surface area contributed by atoms with Crippen molar-refractivity contribution in [3.63, 3.8) is 0 Å². The van der Waals surface area contributed by atoms with Gasteiger partial charge in [0.2, 0.25) is 0 Å². The van der Waals surface area contributed by atoms with E-state index in [0.29, 0.717) is 5.69 Å². The second-order valence-electron chi connectivity index (χ2n) is 6.18. The van der Waals surface area contributed by atoms with E-state index in [0.717, 1.165) is 38.4 Å². The van der Waals surface area contributed by atoms with Gasteiger partial charge < -0.3 is 14.8 Å². The van der Waals surface area contributed by atoms with Crippen LogP contribution in [-0.4, -0.2) is 49.1 Å². The average Bonchev–Trinajstić information content (AvgIpc) is 2.69. The number of hydrogen-bond donors (Lipinski definition) is 1. The van der Waals surface area contributed by atoms with Crippen LogP contribution in [0, 0.1) is 10.1 Å². The summed E-state index contributed by atoms with van der Waals surface area (Å²) in [6.07, 6.45) is 0. The number of nitro benzene ring substituents is 1. The van der Waals surface area contributed by atoms with Crippen LogP contribution in [0.4, 0.5) is 11.4 Å². The molecular formula is C19H21N3O5. The van der Waals surface area contributed by atoms with Crippen molar-refractivity contribution < 1.29 is 19.2 Å². The number of nitrogens with zero attached hydrogens (tertiary/aromatic N) is 2. The summed E-state index contributed by atoms with van der Waals surface area (Å²) in [4.78, 5) is 25.2. The average molecular weight is 371 g/mol. The Morgan fingerprint density at radius 1 is 1.22 bits per heavy atom. The first-order chi connectivity index (χ1) is 13.1. The normalized spacial score (nSPS) is 14.6. The number of rotatable bonds is 6. The third-order valence-electron chi connectivity index (χ3n) is 4.36. The smallest absolute Gasteiger partial charge is 0.311 e. The van der Waals surface area contributed by atoms with Crippen molar-refractivity contribution in [3.8, 4) is 5.75 Å². The molecule has 27 heavy (non-hydrogen) atoms. The highest BCUT2D eigenvalue weighted by Gasteiger charge is 2.18. The molecule has 1 amide bonds. The van der Waals surface area contributed by atoms with Crippen LogP contribution in [0.15, 0.2) is 42.5 Å². The molecule has 1 aliphatic rings. The van der Waals surface area contributed by atoms with E-state index in [2.05, 4.69) is 10.2 Å². The highest BCUT2D eigenvalue weighted by Crippen LogP contribution is 2.27. The molecule has 0 aromatic heterocycles. The fourth-order valence-corrected chi connectivity index (χ4v) is 2.89. The van der Waals surface area contributed by atoms with Crippen molar-refractivity contribution in [2.24, 2.45) is 0 Å². The van der Waals surface area contributed by atoms with Gasteiger partial charge in [0.1, 0.15) is 0 Å². The number of carbonyl (C=O) groups is 1. The van der Waals surface area contributed by atoms with Crippen molar-refractivity contribution in [3.05, 3.63) is 63.7 Å². The van der Waals surface area contributed by atoms with Crippen molar-refractivity contribution in [1.82, 2.24) is 4.90 Å². The van der Waals surface area contributed by atoms with Gasteiger partial charge in [0.05, 0.1) is 25.2 Å². The summed E-state index contributed by atoms with van der Waals surface area (Å²) < 4.78 is 10.3. The van der Waals surface area contributed by atoms with Gasteiger partial charge in [0.25, 0.3) is 5.91 Å². The van der Waals surface area contributed by atoms with Crippen molar-refractivity contribution in [1.29, 1.82) is 0 Å². The summed E-state index contributed by atoms with van der Waals surface area (Å²) in [6, 6.07) is 11.7. The van der Waals surface area contributed by atoms with Gasteiger partial charge >= 0.3 is 5.69 Å². The van der Waals surface area contributed by atoms with E-state index in [1.807, 2.05) is 24.3 Å². The van der Waals surface area contributed by atoms with E-state index < -0.39 is 10.8 Å². The van der Waals surface area contributed by atoms with Crippen molar-refractivity contribution in [2.75, 3.05) is 38.7 Å². The van der Waals surface area contributed by atoms with Crippen molar-refractivity contribution >= 4 is 17.3 Å². The second-order valence-corrected chi connectivity index (χ2v) is 6.18. The molecule has 1 heterocycles. The molecule has 0 unspecified atom stereocenters. The first-order valence-corrected chi connectivity index (χ1v) is 8.59. The van der Waals surface area contributed by atoms with Crippen LogP contribution in [0.1, 0.15) is 15.9 Å². The third-order valence-corrected chi connectivity index (χ3v) is 4.36. The quantitative estimate of drug-likeness (QED) is 0.620. The van der Waals surface area contributed by atoms with Crippen LogP contribution in [-0.2, 0) is 11.3 Å². The van der Waals surface area contributed by atoms with Crippen LogP contribution in [0.25, 0.3) is 0 Å². The molecule has 1 N–H and O–H groups in total. The van der Waals surface area contributed by atoms with Crippen molar-refractivity contribution in [2.45, 2.75) is 6.54 Å². The highest BCUT2D eigenvalue weighted by molar-refractivity contribution is 6.04. The first kappa shape index (κ1) is 18.8. The maximum Gasteiger partial charge on any atom is 0.311 e. The lowest BCUT2D eigenvalue weighted by molar-refractivity contribution is -0.385. The number of hydrogen-bond acceptors (Lipinski definition) is 6. The Balaban J connectivity index is 1.65. The van der Waals surface area contributed by atoms with Gasteiger partial charge in [-0.1, -0.05) is 12.1 Å². The Morgan fingerprint density at radius 2 is 1.93 bits per heavy atom. The Hall–Kier alpha value is -2.97. The zero-order valence-corrected chi connectivity index (χ0v) is 15.0. The fraction of sp³-hybridized carbons (Fsp3) is 0.316. The summed E-state index contributed by atoms with van der Waals surface area (Å²) >= 11 is 0. The van der Waals surface area contributed by atoms with Crippen LogP contribution in [0.2, 0.25) is 0 Å². The number of morpholine rings is 1. The topological polar surface area (TPSA) is 93.9 Å².